The fourth-order valence-electron chi connectivity index (χ4n) is 1.82. The summed E-state index contributed by atoms with van der Waals surface area (Å²) in [5.41, 5.74) is 1.50. The lowest BCUT2D eigenvalue weighted by atomic mass is 10.0. The Kier molecular flexibility index (Phi) is 5.19. The quantitative estimate of drug-likeness (QED) is 0.713. The molecular weight excluding hydrogens is 366 g/mol. The normalized spacial score (nSPS) is 10.6. The van der Waals surface area contributed by atoms with Crippen LogP contribution in [0.25, 0.3) is 0 Å². The lowest BCUT2D eigenvalue weighted by Crippen LogP contribution is -2.07. The number of rotatable bonds is 4. The molecule has 0 saturated carbocycles. The molecule has 0 N–H and O–H groups in total. The number of Topliss-reactive ketones (excluding diaryl/α,β-unsaturated/α-hetero) is 1. The second-order valence-electron chi connectivity index (χ2n) is 4.38. The Morgan fingerprint density at radius 3 is 2.50 bits per heavy atom. The highest BCUT2D eigenvalue weighted by molar-refractivity contribution is 9.10. The van der Waals surface area contributed by atoms with Gasteiger partial charge in [-0.1, -0.05) is 35.3 Å². The van der Waals surface area contributed by atoms with Gasteiger partial charge < -0.3 is 0 Å². The number of hydrogen-bond acceptors (Lipinski definition) is 1. The molecule has 0 amide bonds. The van der Waals surface area contributed by atoms with Crippen LogP contribution in [-0.4, -0.2) is 5.78 Å². The molecule has 20 heavy (non-hydrogen) atoms. The molecule has 0 saturated heterocycles. The summed E-state index contributed by atoms with van der Waals surface area (Å²) in [6, 6.07) is 9.59. The van der Waals surface area contributed by atoms with Crippen LogP contribution in [0.15, 0.2) is 40.9 Å². The smallest absolute Gasteiger partial charge is 0.141 e. The second kappa shape index (κ2) is 6.70. The van der Waals surface area contributed by atoms with E-state index < -0.39 is 0 Å². The second-order valence-corrected chi connectivity index (χ2v) is 6.07. The average molecular weight is 376 g/mol. The number of carbonyl (C=O) groups excluding carboxylic acids is 1. The fourth-order valence-corrected chi connectivity index (χ4v) is 2.72. The van der Waals surface area contributed by atoms with Crippen LogP contribution in [0, 0.1) is 5.82 Å². The highest BCUT2D eigenvalue weighted by Crippen LogP contribution is 2.22. The Bertz CT molecular complexity index is 658. The molecule has 0 aliphatic rings. The van der Waals surface area contributed by atoms with E-state index in [0.29, 0.717) is 14.5 Å². The molecule has 2 aromatic carbocycles. The molecule has 0 unspecified atom stereocenters. The monoisotopic (exact) mass is 374 g/mol. The third-order valence-corrected chi connectivity index (χ3v) is 3.98. The third-order valence-electron chi connectivity index (χ3n) is 2.79. The van der Waals surface area contributed by atoms with E-state index in [2.05, 4.69) is 15.9 Å². The first-order chi connectivity index (χ1) is 9.45. The van der Waals surface area contributed by atoms with E-state index in [1.165, 1.54) is 6.07 Å². The lowest BCUT2D eigenvalue weighted by Gasteiger charge is -2.05. The number of benzene rings is 2. The maximum Gasteiger partial charge on any atom is 0.141 e. The van der Waals surface area contributed by atoms with Gasteiger partial charge in [0, 0.05) is 22.9 Å². The number of halogens is 4. The van der Waals surface area contributed by atoms with Crippen molar-refractivity contribution in [2.24, 2.45) is 0 Å². The van der Waals surface area contributed by atoms with Gasteiger partial charge in [0.05, 0.1) is 4.47 Å². The standard InChI is InChI=1S/C15H10BrCl2FO/c16-13-6-9(1-4-15(13)19)5-12(20)7-10-2-3-11(17)8-14(10)18/h1-4,6,8H,5,7H2. The van der Waals surface area contributed by atoms with Crippen molar-refractivity contribution in [1.29, 1.82) is 0 Å². The van der Waals surface area contributed by atoms with Gasteiger partial charge in [0.2, 0.25) is 0 Å². The predicted molar refractivity (Wildman–Crippen MR) is 83.0 cm³/mol. The zero-order chi connectivity index (χ0) is 14.7. The van der Waals surface area contributed by atoms with Crippen LogP contribution in [0.3, 0.4) is 0 Å². The maximum atomic E-state index is 13.1. The number of hydrogen-bond donors (Lipinski definition) is 0. The van der Waals surface area contributed by atoms with Gasteiger partial charge in [-0.25, -0.2) is 4.39 Å². The zero-order valence-electron chi connectivity index (χ0n) is 10.3. The molecule has 0 radical (unpaired) electrons. The first-order valence-corrected chi connectivity index (χ1v) is 7.40. The summed E-state index contributed by atoms with van der Waals surface area (Å²) in [5, 5.41) is 1.01. The maximum absolute atomic E-state index is 13.1. The molecule has 1 nitrogen and oxygen atoms in total. The Labute approximate surface area is 134 Å². The van der Waals surface area contributed by atoms with Crippen molar-refractivity contribution < 1.29 is 9.18 Å². The van der Waals surface area contributed by atoms with Gasteiger partial charge >= 0.3 is 0 Å². The van der Waals surface area contributed by atoms with Crippen LogP contribution in [0.4, 0.5) is 4.39 Å². The van der Waals surface area contributed by atoms with Crippen molar-refractivity contribution in [3.8, 4) is 0 Å². The van der Waals surface area contributed by atoms with Crippen LogP contribution in [0.2, 0.25) is 10.0 Å². The SMILES string of the molecule is O=C(Cc1ccc(F)c(Br)c1)Cc1ccc(Cl)cc1Cl. The van der Waals surface area contributed by atoms with E-state index in [0.717, 1.165) is 11.1 Å². The molecule has 0 spiro atoms. The van der Waals surface area contributed by atoms with E-state index in [9.17, 15) is 9.18 Å². The first-order valence-electron chi connectivity index (χ1n) is 5.85. The molecule has 0 bridgehead atoms. The molecule has 0 heterocycles. The summed E-state index contributed by atoms with van der Waals surface area (Å²) in [7, 11) is 0. The summed E-state index contributed by atoms with van der Waals surface area (Å²) in [4.78, 5) is 12.0. The van der Waals surface area contributed by atoms with Crippen LogP contribution >= 0.6 is 39.1 Å². The molecule has 2 rings (SSSR count). The van der Waals surface area contributed by atoms with Crippen LogP contribution in [-0.2, 0) is 17.6 Å². The van der Waals surface area contributed by atoms with Gasteiger partial charge in [0.1, 0.15) is 11.6 Å². The summed E-state index contributed by atoms with van der Waals surface area (Å²) in [5.74, 6) is -0.338. The van der Waals surface area contributed by atoms with Crippen molar-refractivity contribution in [3.63, 3.8) is 0 Å². The Hall–Kier alpha value is -0.900. The third kappa shape index (κ3) is 4.05. The molecular formula is C15H10BrCl2FO. The predicted octanol–water partition coefficient (Wildman–Crippen LogP) is 5.25. The van der Waals surface area contributed by atoms with Gasteiger partial charge in [0.25, 0.3) is 0 Å². The zero-order valence-corrected chi connectivity index (χ0v) is 13.4. The minimum Gasteiger partial charge on any atom is -0.299 e. The van der Waals surface area contributed by atoms with Crippen LogP contribution in [0.1, 0.15) is 11.1 Å². The first kappa shape index (κ1) is 15.5. The summed E-state index contributed by atoms with van der Waals surface area (Å²) < 4.78 is 13.5. The highest BCUT2D eigenvalue weighted by Gasteiger charge is 2.10. The van der Waals surface area contributed by atoms with Crippen molar-refractivity contribution >= 4 is 44.9 Å². The summed E-state index contributed by atoms with van der Waals surface area (Å²) in [6.07, 6.45) is 0.461. The Morgan fingerprint density at radius 2 is 1.85 bits per heavy atom. The Balaban J connectivity index is 2.07. The van der Waals surface area contributed by atoms with E-state index in [1.54, 1.807) is 30.3 Å². The molecule has 0 aromatic heterocycles. The van der Waals surface area contributed by atoms with Crippen molar-refractivity contribution in [1.82, 2.24) is 0 Å². The highest BCUT2D eigenvalue weighted by atomic mass is 79.9. The van der Waals surface area contributed by atoms with Crippen molar-refractivity contribution in [2.75, 3.05) is 0 Å². The van der Waals surface area contributed by atoms with Gasteiger partial charge in [-0.15, -0.1) is 0 Å². The van der Waals surface area contributed by atoms with Gasteiger partial charge in [-0.2, -0.15) is 0 Å². The molecule has 2 aromatic rings. The summed E-state index contributed by atoms with van der Waals surface area (Å²) >= 11 is 14.9. The van der Waals surface area contributed by atoms with Crippen LogP contribution in [0.5, 0.6) is 0 Å². The molecule has 0 fully saturated rings. The van der Waals surface area contributed by atoms with Gasteiger partial charge in [-0.05, 0) is 51.3 Å². The minimum absolute atomic E-state index is 0.00716. The van der Waals surface area contributed by atoms with E-state index in [4.69, 9.17) is 23.2 Å². The largest absolute Gasteiger partial charge is 0.299 e. The van der Waals surface area contributed by atoms with E-state index >= 15 is 0 Å². The van der Waals surface area contributed by atoms with Gasteiger partial charge in [-0.3, -0.25) is 4.79 Å². The average Bonchev–Trinajstić information content (AvgIpc) is 2.37. The molecule has 104 valence electrons. The number of carbonyl (C=O) groups is 1. The minimum atomic E-state index is -0.345. The van der Waals surface area contributed by atoms with E-state index in [1.807, 2.05) is 0 Å². The molecule has 5 heteroatoms. The lowest BCUT2D eigenvalue weighted by molar-refractivity contribution is -0.117. The number of ketones is 1. The summed E-state index contributed by atoms with van der Waals surface area (Å²) in [6.45, 7) is 0. The molecule has 0 aliphatic carbocycles. The van der Waals surface area contributed by atoms with Crippen molar-refractivity contribution in [3.05, 3.63) is 67.9 Å². The molecule has 0 aliphatic heterocycles. The topological polar surface area (TPSA) is 17.1 Å². The fraction of sp³-hybridized carbons (Fsp3) is 0.133. The molecule has 0 atom stereocenters. The van der Waals surface area contributed by atoms with Crippen molar-refractivity contribution in [2.45, 2.75) is 12.8 Å². The van der Waals surface area contributed by atoms with Crippen LogP contribution < -0.4 is 0 Å². The Morgan fingerprint density at radius 1 is 1.10 bits per heavy atom. The van der Waals surface area contributed by atoms with Gasteiger partial charge in [0.15, 0.2) is 0 Å². The van der Waals surface area contributed by atoms with E-state index in [-0.39, 0.29) is 24.4 Å².